The fourth-order valence-electron chi connectivity index (χ4n) is 3.59. The number of ether oxygens (including phenoxy) is 1. The van der Waals surface area contributed by atoms with Crippen LogP contribution in [0, 0.1) is 5.92 Å². The molecule has 7 nitrogen and oxygen atoms in total. The van der Waals surface area contributed by atoms with E-state index in [-0.39, 0.29) is 18.4 Å². The van der Waals surface area contributed by atoms with E-state index in [4.69, 9.17) is 4.74 Å². The summed E-state index contributed by atoms with van der Waals surface area (Å²) in [5, 5.41) is 5.52. The molecule has 7 heteroatoms. The van der Waals surface area contributed by atoms with Crippen LogP contribution < -0.4 is 10.6 Å². The van der Waals surface area contributed by atoms with Crippen molar-refractivity contribution in [1.82, 2.24) is 15.5 Å². The van der Waals surface area contributed by atoms with Gasteiger partial charge in [-0.3, -0.25) is 9.59 Å². The molecule has 0 aromatic rings. The third-order valence-electron chi connectivity index (χ3n) is 5.15. The van der Waals surface area contributed by atoms with Crippen LogP contribution in [0.25, 0.3) is 0 Å². The summed E-state index contributed by atoms with van der Waals surface area (Å²) in [4.78, 5) is 37.7. The molecule has 0 aromatic carbocycles. The summed E-state index contributed by atoms with van der Waals surface area (Å²) in [6.45, 7) is 7.24. The van der Waals surface area contributed by atoms with Crippen LogP contribution in [0.4, 0.5) is 4.79 Å². The highest BCUT2D eigenvalue weighted by atomic mass is 16.6. The Morgan fingerprint density at radius 2 is 1.71 bits per heavy atom. The Balaban J connectivity index is 1.63. The molecule has 0 unspecified atom stereocenters. The van der Waals surface area contributed by atoms with E-state index in [1.807, 2.05) is 0 Å². The summed E-state index contributed by atoms with van der Waals surface area (Å²) in [5.74, 6) is 0.295. The molecule has 3 amide bonds. The second kappa shape index (κ2) is 10.5. The lowest BCUT2D eigenvalue weighted by Crippen LogP contribution is -2.46. The molecule has 2 fully saturated rings. The van der Waals surface area contributed by atoms with E-state index in [9.17, 15) is 14.4 Å². The molecular weight excluding hydrogens is 358 g/mol. The number of piperidine rings is 1. The lowest BCUT2D eigenvalue weighted by atomic mass is 9.94. The minimum atomic E-state index is -0.581. The molecule has 0 radical (unpaired) electrons. The number of likely N-dealkylation sites (tertiary alicyclic amines) is 1. The number of nitrogens with zero attached hydrogens (tertiary/aromatic N) is 1. The van der Waals surface area contributed by atoms with Gasteiger partial charge in [-0.15, -0.1) is 0 Å². The van der Waals surface area contributed by atoms with Crippen molar-refractivity contribution in [3.8, 4) is 0 Å². The fourth-order valence-corrected chi connectivity index (χ4v) is 3.59. The number of allylic oxidation sites excluding steroid dienone is 1. The number of hydrogen-bond acceptors (Lipinski definition) is 4. The number of carbonyl (C=O) groups is 3. The fraction of sp³-hybridized carbons (Fsp3) is 0.762. The van der Waals surface area contributed by atoms with Gasteiger partial charge in [0.2, 0.25) is 11.8 Å². The van der Waals surface area contributed by atoms with Gasteiger partial charge in [-0.05, 0) is 65.2 Å². The van der Waals surface area contributed by atoms with Crippen LogP contribution in [0.15, 0.2) is 11.6 Å². The maximum absolute atomic E-state index is 12.2. The van der Waals surface area contributed by atoms with Crippen molar-refractivity contribution < 1.29 is 19.1 Å². The summed E-state index contributed by atoms with van der Waals surface area (Å²) in [5.41, 5.74) is 0.685. The molecule has 0 aromatic heterocycles. The summed E-state index contributed by atoms with van der Waals surface area (Å²) >= 11 is 0. The predicted octanol–water partition coefficient (Wildman–Crippen LogP) is 2.76. The Labute approximate surface area is 168 Å². The van der Waals surface area contributed by atoms with Gasteiger partial charge >= 0.3 is 6.09 Å². The van der Waals surface area contributed by atoms with Crippen molar-refractivity contribution in [3.05, 3.63) is 11.6 Å². The molecule has 158 valence electrons. The summed E-state index contributed by atoms with van der Waals surface area (Å²) in [7, 11) is 0. The molecule has 28 heavy (non-hydrogen) atoms. The maximum atomic E-state index is 12.2. The number of nitrogens with one attached hydrogen (secondary N) is 2. The van der Waals surface area contributed by atoms with Crippen molar-refractivity contribution >= 4 is 17.9 Å². The summed E-state index contributed by atoms with van der Waals surface area (Å²) < 4.78 is 5.14. The molecule has 0 atom stereocenters. The van der Waals surface area contributed by atoms with Crippen molar-refractivity contribution in [2.45, 2.75) is 71.3 Å². The Bertz CT molecular complexity index is 579. The largest absolute Gasteiger partial charge is 0.444 e. The second-order valence-electron chi connectivity index (χ2n) is 8.79. The van der Waals surface area contributed by atoms with Gasteiger partial charge in [0, 0.05) is 25.7 Å². The van der Waals surface area contributed by atoms with Gasteiger partial charge in [-0.2, -0.15) is 0 Å². The van der Waals surface area contributed by atoms with E-state index in [2.05, 4.69) is 10.6 Å². The van der Waals surface area contributed by atoms with Crippen molar-refractivity contribution in [2.75, 3.05) is 26.2 Å². The molecule has 0 bridgehead atoms. The van der Waals surface area contributed by atoms with E-state index in [1.165, 1.54) is 24.8 Å². The predicted molar refractivity (Wildman–Crippen MR) is 108 cm³/mol. The zero-order valence-electron chi connectivity index (χ0n) is 17.5. The van der Waals surface area contributed by atoms with Crippen molar-refractivity contribution in [3.63, 3.8) is 0 Å². The van der Waals surface area contributed by atoms with Gasteiger partial charge in [-0.25, -0.2) is 4.79 Å². The Hall–Kier alpha value is -2.05. The van der Waals surface area contributed by atoms with Gasteiger partial charge in [0.1, 0.15) is 12.1 Å². The monoisotopic (exact) mass is 393 g/mol. The van der Waals surface area contributed by atoms with Crippen LogP contribution in [0.5, 0.6) is 0 Å². The van der Waals surface area contributed by atoms with Crippen molar-refractivity contribution in [1.29, 1.82) is 0 Å². The highest BCUT2D eigenvalue weighted by molar-refractivity contribution is 5.88. The molecule has 1 aliphatic heterocycles. The maximum Gasteiger partial charge on any atom is 0.408 e. The number of alkyl carbamates (subject to hydrolysis) is 1. The molecule has 1 saturated carbocycles. The number of carbonyl (C=O) groups excluding carboxylic acids is 3. The first kappa shape index (κ1) is 22.2. The normalized spacial score (nSPS) is 18.4. The SMILES string of the molecule is CC(C)(C)OC(=O)NCC(=O)N1CCC(CNC(=O)C=C2CCCCC2)CC1. The van der Waals surface area contributed by atoms with Crippen molar-refractivity contribution in [2.24, 2.45) is 5.92 Å². The minimum absolute atomic E-state index is 0.0111. The zero-order chi connectivity index (χ0) is 20.6. The van der Waals surface area contributed by atoms with Gasteiger partial charge in [-0.1, -0.05) is 12.0 Å². The lowest BCUT2D eigenvalue weighted by molar-refractivity contribution is -0.131. The topological polar surface area (TPSA) is 87.7 Å². The van der Waals surface area contributed by atoms with Gasteiger partial charge in [0.05, 0.1) is 0 Å². The first-order valence-electron chi connectivity index (χ1n) is 10.4. The van der Waals surface area contributed by atoms with Crippen LogP contribution >= 0.6 is 0 Å². The molecule has 1 aliphatic carbocycles. The Kier molecular flexibility index (Phi) is 8.33. The Morgan fingerprint density at radius 1 is 1.07 bits per heavy atom. The average molecular weight is 394 g/mol. The third kappa shape index (κ3) is 8.31. The molecule has 1 heterocycles. The van der Waals surface area contributed by atoms with E-state index >= 15 is 0 Å². The molecular formula is C21H35N3O4. The molecule has 2 rings (SSSR count). The van der Waals surface area contributed by atoms with E-state index in [0.717, 1.165) is 25.7 Å². The molecule has 1 saturated heterocycles. The summed E-state index contributed by atoms with van der Waals surface area (Å²) in [6, 6.07) is 0. The zero-order valence-corrected chi connectivity index (χ0v) is 17.5. The quantitative estimate of drug-likeness (QED) is 0.703. The van der Waals surface area contributed by atoms with E-state index in [1.54, 1.807) is 31.7 Å². The van der Waals surface area contributed by atoms with Gasteiger partial charge in [0.15, 0.2) is 0 Å². The first-order valence-corrected chi connectivity index (χ1v) is 10.4. The highest BCUT2D eigenvalue weighted by Crippen LogP contribution is 2.22. The average Bonchev–Trinajstić information content (AvgIpc) is 2.64. The second-order valence-corrected chi connectivity index (χ2v) is 8.79. The first-order chi connectivity index (χ1) is 13.2. The lowest BCUT2D eigenvalue weighted by Gasteiger charge is -2.32. The Morgan fingerprint density at radius 3 is 2.32 bits per heavy atom. The van der Waals surface area contributed by atoms with Crippen LogP contribution in [0.2, 0.25) is 0 Å². The smallest absolute Gasteiger partial charge is 0.408 e. The minimum Gasteiger partial charge on any atom is -0.444 e. The number of hydrogen-bond donors (Lipinski definition) is 2. The number of rotatable bonds is 5. The standard InChI is InChI=1S/C21H35N3O4/c1-21(2,3)28-20(27)23-15-19(26)24-11-9-17(10-12-24)14-22-18(25)13-16-7-5-4-6-8-16/h13,17H,4-12,14-15H2,1-3H3,(H,22,25)(H,23,27). The van der Waals surface area contributed by atoms with Crippen LogP contribution in [0.3, 0.4) is 0 Å². The molecule has 0 spiro atoms. The highest BCUT2D eigenvalue weighted by Gasteiger charge is 2.24. The molecule has 2 aliphatic rings. The number of amides is 3. The van der Waals surface area contributed by atoms with E-state index < -0.39 is 11.7 Å². The van der Waals surface area contributed by atoms with E-state index in [0.29, 0.717) is 25.6 Å². The molecule has 2 N–H and O–H groups in total. The van der Waals surface area contributed by atoms with Crippen LogP contribution in [-0.4, -0.2) is 54.6 Å². The van der Waals surface area contributed by atoms with Crippen LogP contribution in [0.1, 0.15) is 65.7 Å². The third-order valence-corrected chi connectivity index (χ3v) is 5.15. The summed E-state index contributed by atoms with van der Waals surface area (Å²) in [6.07, 6.45) is 8.65. The van der Waals surface area contributed by atoms with Gasteiger partial charge < -0.3 is 20.3 Å². The van der Waals surface area contributed by atoms with Crippen LogP contribution in [-0.2, 0) is 14.3 Å². The van der Waals surface area contributed by atoms with Gasteiger partial charge in [0.25, 0.3) is 0 Å².